The number of sulfonamides is 1. The van der Waals surface area contributed by atoms with Gasteiger partial charge in [-0.3, -0.25) is 9.59 Å². The van der Waals surface area contributed by atoms with E-state index < -0.39 is 22.0 Å². The zero-order valence-electron chi connectivity index (χ0n) is 13.6. The highest BCUT2D eigenvalue weighted by atomic mass is 35.5. The molecule has 9 heteroatoms. The van der Waals surface area contributed by atoms with E-state index in [-0.39, 0.29) is 28.4 Å². The summed E-state index contributed by atoms with van der Waals surface area (Å²) in [4.78, 5) is 21.0. The number of benzene rings is 1. The highest BCUT2D eigenvalue weighted by Gasteiger charge is 2.27. The number of aliphatic carboxylic acids is 1. The summed E-state index contributed by atoms with van der Waals surface area (Å²) in [5, 5.41) is 8.97. The second kappa shape index (κ2) is 10.7. The van der Waals surface area contributed by atoms with Crippen LogP contribution in [-0.2, 0) is 19.6 Å². The monoisotopic (exact) mass is 397 g/mol. The van der Waals surface area contributed by atoms with Gasteiger partial charge in [0.25, 0.3) is 0 Å². The molecular formula is C15H21Cl2NO5S. The van der Waals surface area contributed by atoms with Crippen LogP contribution in [0.25, 0.3) is 0 Å². The predicted octanol–water partition coefficient (Wildman–Crippen LogP) is 2.42. The van der Waals surface area contributed by atoms with Crippen molar-refractivity contribution < 1.29 is 23.1 Å². The molecule has 0 heterocycles. The first kappa shape index (κ1) is 22.9. The highest BCUT2D eigenvalue weighted by molar-refractivity contribution is 7.89. The molecule has 1 aromatic carbocycles. The second-order valence-electron chi connectivity index (χ2n) is 5.30. The number of hydrogen-bond acceptors (Lipinski definition) is 4. The van der Waals surface area contributed by atoms with Crippen LogP contribution in [0.15, 0.2) is 29.2 Å². The normalized spacial score (nSPS) is 12.2. The van der Waals surface area contributed by atoms with Crippen molar-refractivity contribution in [2.75, 3.05) is 11.8 Å². The molecule has 0 unspecified atom stereocenters. The lowest BCUT2D eigenvalue weighted by atomic mass is 10.1. The molecule has 0 bridgehead atoms. The van der Waals surface area contributed by atoms with Crippen LogP contribution in [0.4, 0.5) is 0 Å². The first-order valence-electron chi connectivity index (χ1n) is 7.00. The number of aryl methyl sites for hydroxylation is 1. The predicted molar refractivity (Wildman–Crippen MR) is 94.2 cm³/mol. The Balaban J connectivity index is 0.000000754. The molecule has 0 radical (unpaired) electrons. The number of rotatable bonds is 7. The average molecular weight is 398 g/mol. The molecule has 6 nitrogen and oxygen atoms in total. The Labute approximate surface area is 152 Å². The largest absolute Gasteiger partial charge is 0.480 e. The quantitative estimate of drug-likeness (QED) is 0.687. The first-order chi connectivity index (χ1) is 11.0. The van der Waals surface area contributed by atoms with Crippen molar-refractivity contribution in [2.24, 2.45) is 5.92 Å². The number of carboxylic acids is 1. The van der Waals surface area contributed by atoms with Crippen LogP contribution in [-0.4, -0.2) is 43.1 Å². The number of carbonyl (C=O) groups excluding carboxylic acids is 1. The SMILES string of the molecule is Cc1ccc(S(=O)(=O)N[C@H](C(=O)O)C(C)C)cc1.O=C(CCl)CCl. The van der Waals surface area contributed by atoms with Crippen molar-refractivity contribution in [1.29, 1.82) is 0 Å². The zero-order chi connectivity index (χ0) is 18.9. The van der Waals surface area contributed by atoms with E-state index in [0.29, 0.717) is 0 Å². The van der Waals surface area contributed by atoms with Gasteiger partial charge in [-0.15, -0.1) is 23.2 Å². The summed E-state index contributed by atoms with van der Waals surface area (Å²) in [6.45, 7) is 5.14. The van der Waals surface area contributed by atoms with Gasteiger partial charge >= 0.3 is 5.97 Å². The first-order valence-corrected chi connectivity index (χ1v) is 9.55. The Morgan fingerprint density at radius 2 is 1.58 bits per heavy atom. The molecule has 0 fully saturated rings. The van der Waals surface area contributed by atoms with Crippen molar-refractivity contribution in [1.82, 2.24) is 4.72 Å². The molecule has 0 aliphatic carbocycles. The third-order valence-electron chi connectivity index (χ3n) is 2.84. The summed E-state index contributed by atoms with van der Waals surface area (Å²) < 4.78 is 26.2. The fraction of sp³-hybridized carbons (Fsp3) is 0.467. The lowest BCUT2D eigenvalue weighted by Gasteiger charge is -2.17. The minimum atomic E-state index is -3.80. The van der Waals surface area contributed by atoms with Crippen LogP contribution in [0.5, 0.6) is 0 Å². The van der Waals surface area contributed by atoms with Gasteiger partial charge in [0.15, 0.2) is 5.78 Å². The van der Waals surface area contributed by atoms with E-state index in [1.807, 2.05) is 6.92 Å². The molecule has 0 aliphatic heterocycles. The summed E-state index contributed by atoms with van der Waals surface area (Å²) in [6, 6.07) is 5.11. The molecule has 24 heavy (non-hydrogen) atoms. The maximum atomic E-state index is 12.0. The Hall–Kier alpha value is -1.15. The third-order valence-corrected chi connectivity index (χ3v) is 4.90. The van der Waals surface area contributed by atoms with Crippen LogP contribution < -0.4 is 4.72 Å². The molecule has 0 aliphatic rings. The van der Waals surface area contributed by atoms with Crippen LogP contribution in [0, 0.1) is 12.8 Å². The topological polar surface area (TPSA) is 101 Å². The van der Waals surface area contributed by atoms with Gasteiger partial charge in [-0.2, -0.15) is 4.72 Å². The molecule has 0 spiro atoms. The third kappa shape index (κ3) is 8.10. The standard InChI is InChI=1S/C12H17NO4S.C3H4Cl2O/c1-8(2)11(12(14)15)13-18(16,17)10-6-4-9(3)5-7-10;4-1-3(6)2-5/h4-8,11,13H,1-3H3,(H,14,15);1-2H2/t11-;/m0./s1. The Morgan fingerprint density at radius 1 is 1.12 bits per heavy atom. The molecule has 0 amide bonds. The molecular weight excluding hydrogens is 377 g/mol. The number of ketones is 1. The molecule has 1 atom stereocenters. The van der Waals surface area contributed by atoms with Gasteiger partial charge in [0.2, 0.25) is 10.0 Å². The molecule has 1 rings (SSSR count). The second-order valence-corrected chi connectivity index (χ2v) is 7.55. The summed E-state index contributed by atoms with van der Waals surface area (Å²) in [5.74, 6) is -1.57. The fourth-order valence-corrected chi connectivity index (χ4v) is 3.08. The van der Waals surface area contributed by atoms with E-state index in [4.69, 9.17) is 28.3 Å². The average Bonchev–Trinajstić information content (AvgIpc) is 2.52. The van der Waals surface area contributed by atoms with Crippen molar-refractivity contribution in [3.8, 4) is 0 Å². The number of carbonyl (C=O) groups is 2. The van der Waals surface area contributed by atoms with E-state index in [9.17, 15) is 18.0 Å². The maximum Gasteiger partial charge on any atom is 0.322 e. The number of hydrogen-bond donors (Lipinski definition) is 2. The van der Waals surface area contributed by atoms with Crippen LogP contribution in [0.3, 0.4) is 0 Å². The van der Waals surface area contributed by atoms with Gasteiger partial charge in [-0.1, -0.05) is 31.5 Å². The van der Waals surface area contributed by atoms with Crippen LogP contribution in [0.1, 0.15) is 19.4 Å². The van der Waals surface area contributed by atoms with Gasteiger partial charge in [0.05, 0.1) is 16.7 Å². The van der Waals surface area contributed by atoms with Crippen molar-refractivity contribution >= 4 is 45.0 Å². The molecule has 1 aromatic rings. The van der Waals surface area contributed by atoms with E-state index in [0.717, 1.165) is 5.56 Å². The van der Waals surface area contributed by atoms with Crippen molar-refractivity contribution in [3.63, 3.8) is 0 Å². The van der Waals surface area contributed by atoms with Crippen LogP contribution >= 0.6 is 23.2 Å². The fourth-order valence-electron chi connectivity index (χ4n) is 1.46. The Kier molecular flexibility index (Phi) is 10.1. The number of halogens is 2. The van der Waals surface area contributed by atoms with Gasteiger partial charge in [0, 0.05) is 0 Å². The molecule has 0 saturated carbocycles. The van der Waals surface area contributed by atoms with Crippen molar-refractivity contribution in [2.45, 2.75) is 31.7 Å². The maximum absolute atomic E-state index is 12.0. The summed E-state index contributed by atoms with van der Waals surface area (Å²) in [7, 11) is -3.80. The molecule has 136 valence electrons. The summed E-state index contributed by atoms with van der Waals surface area (Å²) in [6.07, 6.45) is 0. The Morgan fingerprint density at radius 3 is 1.88 bits per heavy atom. The molecule has 0 aromatic heterocycles. The van der Waals surface area contributed by atoms with E-state index in [2.05, 4.69) is 4.72 Å². The summed E-state index contributed by atoms with van der Waals surface area (Å²) in [5.41, 5.74) is 0.938. The lowest BCUT2D eigenvalue weighted by molar-refractivity contribution is -0.140. The highest BCUT2D eigenvalue weighted by Crippen LogP contribution is 2.12. The minimum absolute atomic E-state index is 0.0312. The van der Waals surface area contributed by atoms with Crippen molar-refractivity contribution in [3.05, 3.63) is 29.8 Å². The van der Waals surface area contributed by atoms with Gasteiger partial charge < -0.3 is 5.11 Å². The van der Waals surface area contributed by atoms with E-state index in [1.54, 1.807) is 26.0 Å². The molecule has 0 saturated heterocycles. The molecule has 2 N–H and O–H groups in total. The van der Waals surface area contributed by atoms with Crippen LogP contribution in [0.2, 0.25) is 0 Å². The van der Waals surface area contributed by atoms with E-state index >= 15 is 0 Å². The van der Waals surface area contributed by atoms with E-state index in [1.165, 1.54) is 12.1 Å². The van der Waals surface area contributed by atoms with Gasteiger partial charge in [-0.05, 0) is 25.0 Å². The van der Waals surface area contributed by atoms with Gasteiger partial charge in [-0.25, -0.2) is 8.42 Å². The zero-order valence-corrected chi connectivity index (χ0v) is 16.0. The summed E-state index contributed by atoms with van der Waals surface area (Å²) >= 11 is 10.0. The minimum Gasteiger partial charge on any atom is -0.480 e. The Bertz CT molecular complexity index is 638. The smallest absolute Gasteiger partial charge is 0.322 e. The number of Topliss-reactive ketones (excluding diaryl/α,β-unsaturated/α-hetero) is 1. The number of carboxylic acid groups (broad SMARTS) is 1. The van der Waals surface area contributed by atoms with Gasteiger partial charge in [0.1, 0.15) is 6.04 Å². The number of alkyl halides is 2. The lowest BCUT2D eigenvalue weighted by Crippen LogP contribution is -2.44. The number of nitrogens with one attached hydrogen (secondary N) is 1.